The fraction of sp³-hybridized carbons (Fsp3) is 0.242. The van der Waals surface area contributed by atoms with Crippen molar-refractivity contribution in [2.75, 3.05) is 0 Å². The van der Waals surface area contributed by atoms with Crippen molar-refractivity contribution < 1.29 is 13.7 Å². The monoisotopic (exact) mass is 527 g/mol. The van der Waals surface area contributed by atoms with Crippen molar-refractivity contribution in [2.24, 2.45) is 0 Å². The van der Waals surface area contributed by atoms with Crippen LogP contribution in [0.3, 0.4) is 0 Å². The fourth-order valence-corrected chi connectivity index (χ4v) is 5.32. The fourth-order valence-electron chi connectivity index (χ4n) is 5.32. The van der Waals surface area contributed by atoms with Crippen LogP contribution in [0.4, 0.5) is 0 Å². The number of rotatable bonds is 4. The van der Waals surface area contributed by atoms with Crippen LogP contribution in [0.1, 0.15) is 45.9 Å². The zero-order chi connectivity index (χ0) is 27.5. The van der Waals surface area contributed by atoms with Crippen molar-refractivity contribution in [3.05, 3.63) is 96.9 Å². The predicted octanol–water partition coefficient (Wildman–Crippen LogP) is 7.00. The van der Waals surface area contributed by atoms with Crippen LogP contribution in [0.2, 0.25) is 0 Å². The Morgan fingerprint density at radius 3 is 2.30 bits per heavy atom. The van der Waals surface area contributed by atoms with Crippen LogP contribution >= 0.6 is 0 Å². The predicted molar refractivity (Wildman–Crippen MR) is 159 cm³/mol. The molecule has 5 aromatic rings. The van der Waals surface area contributed by atoms with Gasteiger partial charge in [0.25, 0.3) is 0 Å². The van der Waals surface area contributed by atoms with Crippen molar-refractivity contribution >= 4 is 34.5 Å². The molecule has 3 heterocycles. The first-order valence-corrected chi connectivity index (χ1v) is 13.7. The van der Waals surface area contributed by atoms with Crippen LogP contribution < -0.4 is 5.46 Å². The number of benzene rings is 3. The molecular formula is C33H30BN3O3. The van der Waals surface area contributed by atoms with Gasteiger partial charge in [0.1, 0.15) is 17.0 Å². The highest BCUT2D eigenvalue weighted by Crippen LogP contribution is 2.39. The second-order valence-corrected chi connectivity index (χ2v) is 11.5. The standard InChI is InChI=1S/C33H30BN3O3/c1-32(2)33(3,4)40-34(39-32)23-18-19-26-25(20-23)28-24(16-11-17-27(28)38-26)31-36-29(21-12-7-5-8-13-21)35-30(37-31)22-14-9-6-10-15-22/h5-14,16-20,22H,15H2,1-4H3. The van der Waals surface area contributed by atoms with Gasteiger partial charge in [-0.15, -0.1) is 0 Å². The van der Waals surface area contributed by atoms with Crippen LogP contribution in [-0.4, -0.2) is 33.3 Å². The third kappa shape index (κ3) is 4.17. The van der Waals surface area contributed by atoms with E-state index < -0.39 is 18.3 Å². The Kier molecular flexibility index (Phi) is 5.77. The molecule has 198 valence electrons. The quantitative estimate of drug-likeness (QED) is 0.234. The lowest BCUT2D eigenvalue weighted by molar-refractivity contribution is 0.00578. The van der Waals surface area contributed by atoms with Gasteiger partial charge in [0, 0.05) is 27.8 Å². The van der Waals surface area contributed by atoms with Crippen molar-refractivity contribution in [1.82, 2.24) is 15.0 Å². The van der Waals surface area contributed by atoms with Crippen LogP contribution in [0.15, 0.2) is 95.5 Å². The molecule has 1 fully saturated rings. The van der Waals surface area contributed by atoms with Gasteiger partial charge in [0.15, 0.2) is 11.6 Å². The molecule has 7 heteroatoms. The normalized spacial score (nSPS) is 19.6. The Morgan fingerprint density at radius 2 is 1.55 bits per heavy atom. The van der Waals surface area contributed by atoms with Crippen LogP contribution in [0, 0.1) is 0 Å². The topological polar surface area (TPSA) is 70.3 Å². The van der Waals surface area contributed by atoms with Crippen LogP contribution in [0.5, 0.6) is 0 Å². The summed E-state index contributed by atoms with van der Waals surface area (Å²) in [5.41, 5.74) is 3.53. The Hall–Kier alpha value is -4.07. The Bertz CT molecular complexity index is 1790. The van der Waals surface area contributed by atoms with E-state index in [9.17, 15) is 0 Å². The maximum Gasteiger partial charge on any atom is 0.494 e. The highest BCUT2D eigenvalue weighted by atomic mass is 16.7. The molecule has 0 spiro atoms. The average molecular weight is 527 g/mol. The lowest BCUT2D eigenvalue weighted by atomic mass is 9.78. The minimum Gasteiger partial charge on any atom is -0.456 e. The molecule has 0 amide bonds. The summed E-state index contributed by atoms with van der Waals surface area (Å²) in [6.45, 7) is 8.27. The van der Waals surface area contributed by atoms with E-state index >= 15 is 0 Å². The molecule has 1 saturated heterocycles. The maximum absolute atomic E-state index is 6.35. The number of furan rings is 1. The highest BCUT2D eigenvalue weighted by molar-refractivity contribution is 6.62. The van der Waals surface area contributed by atoms with Crippen LogP contribution in [0.25, 0.3) is 44.7 Å². The minimum absolute atomic E-state index is 0.0875. The van der Waals surface area contributed by atoms with Gasteiger partial charge >= 0.3 is 7.12 Å². The summed E-state index contributed by atoms with van der Waals surface area (Å²) in [6, 6.07) is 22.2. The molecule has 1 atom stereocenters. The summed E-state index contributed by atoms with van der Waals surface area (Å²) in [5.74, 6) is 2.13. The molecule has 40 heavy (non-hydrogen) atoms. The van der Waals surface area contributed by atoms with Gasteiger partial charge in [-0.25, -0.2) is 15.0 Å². The maximum atomic E-state index is 6.35. The molecule has 3 aromatic carbocycles. The van der Waals surface area contributed by atoms with Crippen molar-refractivity contribution in [1.29, 1.82) is 0 Å². The first-order chi connectivity index (χ1) is 19.3. The average Bonchev–Trinajstić information content (AvgIpc) is 3.45. The number of nitrogens with zero attached hydrogens (tertiary/aromatic N) is 3. The zero-order valence-corrected chi connectivity index (χ0v) is 23.1. The molecular weight excluding hydrogens is 497 g/mol. The first-order valence-electron chi connectivity index (χ1n) is 13.7. The molecule has 2 aromatic heterocycles. The van der Waals surface area contributed by atoms with E-state index in [1.807, 2.05) is 54.6 Å². The van der Waals surface area contributed by atoms with Crippen molar-refractivity contribution in [3.8, 4) is 22.8 Å². The van der Waals surface area contributed by atoms with Gasteiger partial charge < -0.3 is 13.7 Å². The molecule has 1 aliphatic heterocycles. The number of hydrogen-bond donors (Lipinski definition) is 0. The molecule has 1 aliphatic carbocycles. The van der Waals surface area contributed by atoms with Gasteiger partial charge in [-0.3, -0.25) is 0 Å². The summed E-state index contributed by atoms with van der Waals surface area (Å²) in [6.07, 6.45) is 9.27. The summed E-state index contributed by atoms with van der Waals surface area (Å²) >= 11 is 0. The second kappa shape index (κ2) is 9.25. The Morgan fingerprint density at radius 1 is 0.775 bits per heavy atom. The lowest BCUT2D eigenvalue weighted by Gasteiger charge is -2.32. The molecule has 0 bridgehead atoms. The van der Waals surface area contributed by atoms with Crippen molar-refractivity contribution in [2.45, 2.75) is 51.2 Å². The minimum atomic E-state index is -0.467. The Labute approximate surface area is 233 Å². The second-order valence-electron chi connectivity index (χ2n) is 11.5. The summed E-state index contributed by atoms with van der Waals surface area (Å²) < 4.78 is 19.0. The zero-order valence-electron chi connectivity index (χ0n) is 23.1. The molecule has 0 radical (unpaired) electrons. The number of fused-ring (bicyclic) bond motifs is 3. The van der Waals surface area contributed by atoms with Gasteiger partial charge in [-0.05, 0) is 51.7 Å². The number of hydrogen-bond acceptors (Lipinski definition) is 6. The lowest BCUT2D eigenvalue weighted by Crippen LogP contribution is -2.41. The highest BCUT2D eigenvalue weighted by Gasteiger charge is 2.51. The Balaban J connectivity index is 1.40. The molecule has 0 saturated carbocycles. The van der Waals surface area contributed by atoms with Gasteiger partial charge in [-0.2, -0.15) is 0 Å². The largest absolute Gasteiger partial charge is 0.494 e. The molecule has 1 unspecified atom stereocenters. The smallest absolute Gasteiger partial charge is 0.456 e. The van der Waals surface area contributed by atoms with E-state index in [2.05, 4.69) is 64.1 Å². The molecule has 6 nitrogen and oxygen atoms in total. The number of allylic oxidation sites excluding steroid dienone is 4. The van der Waals surface area contributed by atoms with Gasteiger partial charge in [0.2, 0.25) is 0 Å². The van der Waals surface area contributed by atoms with Crippen molar-refractivity contribution in [3.63, 3.8) is 0 Å². The summed E-state index contributed by atoms with van der Waals surface area (Å²) in [5, 5.41) is 1.94. The van der Waals surface area contributed by atoms with E-state index in [4.69, 9.17) is 28.7 Å². The third-order valence-corrected chi connectivity index (χ3v) is 8.28. The number of aromatic nitrogens is 3. The van der Waals surface area contributed by atoms with E-state index in [1.165, 1.54) is 0 Å². The summed E-state index contributed by atoms with van der Waals surface area (Å²) in [4.78, 5) is 14.9. The summed E-state index contributed by atoms with van der Waals surface area (Å²) in [7, 11) is -0.467. The SMILES string of the molecule is CC1(C)OB(c2ccc3oc4cccc(-c5nc(-c6ccccc6)nc(C6C=CC=CC6)n5)c4c3c2)OC1(C)C. The van der Waals surface area contributed by atoms with Gasteiger partial charge in [0.05, 0.1) is 11.2 Å². The van der Waals surface area contributed by atoms with E-state index in [0.29, 0.717) is 11.6 Å². The molecule has 2 aliphatic rings. The third-order valence-electron chi connectivity index (χ3n) is 8.28. The molecule has 7 rings (SSSR count). The molecule has 0 N–H and O–H groups in total. The first kappa shape index (κ1) is 24.9. The van der Waals surface area contributed by atoms with E-state index in [-0.39, 0.29) is 5.92 Å². The van der Waals surface area contributed by atoms with Gasteiger partial charge in [-0.1, -0.05) is 78.9 Å². The van der Waals surface area contributed by atoms with Crippen LogP contribution in [-0.2, 0) is 9.31 Å². The van der Waals surface area contributed by atoms with E-state index in [1.54, 1.807) is 0 Å². The van der Waals surface area contributed by atoms with E-state index in [0.717, 1.165) is 50.8 Å².